The normalized spacial score (nSPS) is 16.2. The average Bonchev–Trinajstić information content (AvgIpc) is 2.67. The van der Waals surface area contributed by atoms with E-state index >= 15 is 0 Å². The molecule has 3 rings (SSSR count). The van der Waals surface area contributed by atoms with Crippen molar-refractivity contribution in [1.82, 2.24) is 4.90 Å². The first-order valence-corrected chi connectivity index (χ1v) is 8.28. The Morgan fingerprint density at radius 2 is 1.64 bits per heavy atom. The molecule has 1 heterocycles. The zero-order chi connectivity index (χ0) is 18.0. The summed E-state index contributed by atoms with van der Waals surface area (Å²) in [5, 5.41) is 0. The predicted molar refractivity (Wildman–Crippen MR) is 95.7 cm³/mol. The minimum absolute atomic E-state index is 0.0237. The van der Waals surface area contributed by atoms with Gasteiger partial charge in [-0.25, -0.2) is 0 Å². The highest BCUT2D eigenvalue weighted by Crippen LogP contribution is 2.38. The monoisotopic (exact) mass is 341 g/mol. The van der Waals surface area contributed by atoms with Crippen LogP contribution < -0.4 is 14.2 Å². The first kappa shape index (κ1) is 17.1. The number of hydrogen-bond acceptors (Lipinski definition) is 4. The fourth-order valence-electron chi connectivity index (χ4n) is 3.32. The van der Waals surface area contributed by atoms with Crippen molar-refractivity contribution in [2.45, 2.75) is 19.4 Å². The van der Waals surface area contributed by atoms with Crippen LogP contribution in [0.2, 0.25) is 0 Å². The van der Waals surface area contributed by atoms with Crippen LogP contribution in [0.1, 0.15) is 34.5 Å². The molecule has 25 heavy (non-hydrogen) atoms. The minimum atomic E-state index is -0.0295. The topological polar surface area (TPSA) is 48.0 Å². The highest BCUT2D eigenvalue weighted by molar-refractivity contribution is 5.94. The quantitative estimate of drug-likeness (QED) is 0.854. The molecule has 1 amide bonds. The molecule has 1 aliphatic heterocycles. The second-order valence-corrected chi connectivity index (χ2v) is 6.06. The number of methoxy groups -OCH3 is 3. The molecule has 0 bridgehead atoms. The maximum absolute atomic E-state index is 12.9. The lowest BCUT2D eigenvalue weighted by atomic mass is 9.92. The Bertz CT molecular complexity index is 770. The third-order valence-corrected chi connectivity index (χ3v) is 4.78. The van der Waals surface area contributed by atoms with Gasteiger partial charge in [-0.05, 0) is 60.9 Å². The lowest BCUT2D eigenvalue weighted by molar-refractivity contribution is 0.0677. The Hall–Kier alpha value is -2.69. The fraction of sp³-hybridized carbons (Fsp3) is 0.350. The van der Waals surface area contributed by atoms with E-state index in [0.717, 1.165) is 23.5 Å². The SMILES string of the molecule is COc1ccc(C(=O)N2CCc3cc(OC)c(OC)cc3C2C)cc1. The molecule has 5 heteroatoms. The molecule has 1 unspecified atom stereocenters. The predicted octanol–water partition coefficient (Wildman–Crippen LogP) is 3.47. The largest absolute Gasteiger partial charge is 0.497 e. The summed E-state index contributed by atoms with van der Waals surface area (Å²) in [7, 11) is 4.87. The van der Waals surface area contributed by atoms with Crippen LogP contribution in [-0.2, 0) is 6.42 Å². The minimum Gasteiger partial charge on any atom is -0.497 e. The summed E-state index contributed by atoms with van der Waals surface area (Å²) in [5.41, 5.74) is 2.96. The summed E-state index contributed by atoms with van der Waals surface area (Å²) >= 11 is 0. The van der Waals surface area contributed by atoms with Crippen LogP contribution >= 0.6 is 0 Å². The molecule has 0 fully saturated rings. The molecule has 0 saturated carbocycles. The van der Waals surface area contributed by atoms with Crippen LogP contribution in [0.5, 0.6) is 17.2 Å². The van der Waals surface area contributed by atoms with E-state index in [4.69, 9.17) is 14.2 Å². The Morgan fingerprint density at radius 3 is 2.24 bits per heavy atom. The standard InChI is InChI=1S/C20H23NO4/c1-13-17-12-19(25-4)18(24-3)11-15(17)9-10-21(13)20(22)14-5-7-16(23-2)8-6-14/h5-8,11-13H,9-10H2,1-4H3. The summed E-state index contributed by atoms with van der Waals surface area (Å²) < 4.78 is 16.0. The molecule has 0 aromatic heterocycles. The zero-order valence-corrected chi connectivity index (χ0v) is 15.0. The molecule has 1 atom stereocenters. The van der Waals surface area contributed by atoms with Gasteiger partial charge in [0.2, 0.25) is 0 Å². The summed E-state index contributed by atoms with van der Waals surface area (Å²) in [4.78, 5) is 14.8. The second-order valence-electron chi connectivity index (χ2n) is 6.06. The van der Waals surface area contributed by atoms with Gasteiger partial charge in [0.05, 0.1) is 27.4 Å². The van der Waals surface area contributed by atoms with Crippen molar-refractivity contribution < 1.29 is 19.0 Å². The number of amides is 1. The van der Waals surface area contributed by atoms with Gasteiger partial charge in [-0.3, -0.25) is 4.79 Å². The molecule has 0 aliphatic carbocycles. The van der Waals surface area contributed by atoms with Gasteiger partial charge in [0.25, 0.3) is 5.91 Å². The summed E-state index contributed by atoms with van der Waals surface area (Å²) in [6.45, 7) is 2.72. The van der Waals surface area contributed by atoms with Crippen molar-refractivity contribution in [3.05, 3.63) is 53.1 Å². The summed E-state index contributed by atoms with van der Waals surface area (Å²) in [6, 6.07) is 11.2. The number of benzene rings is 2. The van der Waals surface area contributed by atoms with Gasteiger partial charge >= 0.3 is 0 Å². The molecule has 132 valence electrons. The van der Waals surface area contributed by atoms with E-state index < -0.39 is 0 Å². The van der Waals surface area contributed by atoms with Gasteiger partial charge in [-0.15, -0.1) is 0 Å². The van der Waals surface area contributed by atoms with Crippen molar-refractivity contribution in [3.8, 4) is 17.2 Å². The number of hydrogen-bond donors (Lipinski definition) is 0. The van der Waals surface area contributed by atoms with Gasteiger partial charge in [0, 0.05) is 12.1 Å². The molecule has 5 nitrogen and oxygen atoms in total. The van der Waals surface area contributed by atoms with E-state index in [0.29, 0.717) is 17.9 Å². The molecule has 2 aromatic rings. The van der Waals surface area contributed by atoms with Gasteiger partial charge < -0.3 is 19.1 Å². The van der Waals surface area contributed by atoms with Crippen LogP contribution in [0.3, 0.4) is 0 Å². The first-order chi connectivity index (χ1) is 12.1. The number of carbonyl (C=O) groups is 1. The van der Waals surface area contributed by atoms with Gasteiger partial charge in [-0.1, -0.05) is 0 Å². The van der Waals surface area contributed by atoms with E-state index in [1.807, 2.05) is 36.1 Å². The molecule has 0 saturated heterocycles. The van der Waals surface area contributed by atoms with E-state index in [2.05, 4.69) is 0 Å². The van der Waals surface area contributed by atoms with Gasteiger partial charge in [0.1, 0.15) is 5.75 Å². The maximum Gasteiger partial charge on any atom is 0.254 e. The molecule has 0 radical (unpaired) electrons. The smallest absolute Gasteiger partial charge is 0.254 e. The Labute approximate surface area is 148 Å². The molecular formula is C20H23NO4. The van der Waals surface area contributed by atoms with E-state index in [-0.39, 0.29) is 11.9 Å². The van der Waals surface area contributed by atoms with E-state index in [1.54, 1.807) is 33.5 Å². The van der Waals surface area contributed by atoms with Crippen molar-refractivity contribution in [2.24, 2.45) is 0 Å². The third kappa shape index (κ3) is 3.14. The number of ether oxygens (including phenoxy) is 3. The molecule has 0 spiro atoms. The van der Waals surface area contributed by atoms with E-state index in [1.165, 1.54) is 5.56 Å². The van der Waals surface area contributed by atoms with Gasteiger partial charge in [-0.2, -0.15) is 0 Å². The molecule has 1 aliphatic rings. The number of carbonyl (C=O) groups excluding carboxylic acids is 1. The van der Waals surface area contributed by atoms with Crippen molar-refractivity contribution in [3.63, 3.8) is 0 Å². The third-order valence-electron chi connectivity index (χ3n) is 4.78. The lowest BCUT2D eigenvalue weighted by Crippen LogP contribution is -2.38. The Balaban J connectivity index is 1.89. The van der Waals surface area contributed by atoms with Gasteiger partial charge in [0.15, 0.2) is 11.5 Å². The van der Waals surface area contributed by atoms with Crippen molar-refractivity contribution in [1.29, 1.82) is 0 Å². The summed E-state index contributed by atoms with van der Waals surface area (Å²) in [5.74, 6) is 2.18. The van der Waals surface area contributed by atoms with Crippen LogP contribution in [0.4, 0.5) is 0 Å². The molecule has 0 N–H and O–H groups in total. The van der Waals surface area contributed by atoms with Crippen LogP contribution in [0.15, 0.2) is 36.4 Å². The second kappa shape index (κ2) is 7.05. The molecular weight excluding hydrogens is 318 g/mol. The zero-order valence-electron chi connectivity index (χ0n) is 15.0. The van der Waals surface area contributed by atoms with Crippen LogP contribution in [0.25, 0.3) is 0 Å². The highest BCUT2D eigenvalue weighted by Gasteiger charge is 2.29. The number of fused-ring (bicyclic) bond motifs is 1. The Kier molecular flexibility index (Phi) is 4.83. The lowest BCUT2D eigenvalue weighted by Gasteiger charge is -2.36. The Morgan fingerprint density at radius 1 is 1.00 bits per heavy atom. The highest BCUT2D eigenvalue weighted by atomic mass is 16.5. The fourth-order valence-corrected chi connectivity index (χ4v) is 3.32. The van der Waals surface area contributed by atoms with Crippen LogP contribution in [0, 0.1) is 0 Å². The number of rotatable bonds is 4. The first-order valence-electron chi connectivity index (χ1n) is 8.28. The van der Waals surface area contributed by atoms with Crippen molar-refractivity contribution >= 4 is 5.91 Å². The maximum atomic E-state index is 12.9. The average molecular weight is 341 g/mol. The van der Waals surface area contributed by atoms with Crippen LogP contribution in [-0.4, -0.2) is 38.7 Å². The summed E-state index contributed by atoms with van der Waals surface area (Å²) in [6.07, 6.45) is 0.794. The number of nitrogens with zero attached hydrogens (tertiary/aromatic N) is 1. The van der Waals surface area contributed by atoms with E-state index in [9.17, 15) is 4.79 Å². The molecule has 2 aromatic carbocycles. The van der Waals surface area contributed by atoms with Crippen molar-refractivity contribution in [2.75, 3.05) is 27.9 Å².